The van der Waals surface area contributed by atoms with Crippen molar-refractivity contribution in [1.29, 1.82) is 0 Å². The van der Waals surface area contributed by atoms with E-state index in [4.69, 9.17) is 0 Å². The minimum atomic E-state index is -1.13. The van der Waals surface area contributed by atoms with Crippen molar-refractivity contribution in [3.05, 3.63) is 16.9 Å². The summed E-state index contributed by atoms with van der Waals surface area (Å²) in [6.07, 6.45) is 7.16. The molecule has 4 fully saturated rings. The monoisotopic (exact) mass is 601 g/mol. The highest BCUT2D eigenvalue weighted by atomic mass is 32.2. The molecule has 6 heterocycles. The Balaban J connectivity index is 1.11. The lowest BCUT2D eigenvalue weighted by Gasteiger charge is -2.50. The van der Waals surface area contributed by atoms with Crippen LogP contribution in [-0.4, -0.2) is 114 Å². The van der Waals surface area contributed by atoms with E-state index in [1.165, 1.54) is 27.7 Å². The van der Waals surface area contributed by atoms with E-state index in [9.17, 15) is 24.3 Å². The predicted octanol–water partition coefficient (Wildman–Crippen LogP) is -0.451. The summed E-state index contributed by atoms with van der Waals surface area (Å²) in [5, 5.41) is 30.6. The molecule has 6 atom stereocenters. The van der Waals surface area contributed by atoms with E-state index >= 15 is 0 Å². The van der Waals surface area contributed by atoms with Crippen molar-refractivity contribution < 1.29 is 24.3 Å². The van der Waals surface area contributed by atoms with Crippen molar-refractivity contribution in [2.24, 2.45) is 11.8 Å². The Kier molecular flexibility index (Phi) is 8.00. The number of β-lactam (4-membered cyclic amide) rings is 1. The molecule has 0 aliphatic carbocycles. The van der Waals surface area contributed by atoms with Crippen molar-refractivity contribution >= 4 is 35.5 Å². The van der Waals surface area contributed by atoms with Crippen LogP contribution in [0.1, 0.15) is 52.4 Å². The SMILES string of the molecule is CC(NC(=O)Cn1cnnn1)[C@H]1C(=O)N2C(C(=O)O)=C(S[C@@H]3CN[C@H](C(=O)N4CCCCC45CCNCC5)C3)[C@H](C)[C@H]12. The van der Waals surface area contributed by atoms with Gasteiger partial charge in [-0.25, -0.2) is 9.48 Å². The molecule has 3 amide bonds. The molecule has 14 nitrogen and oxygen atoms in total. The van der Waals surface area contributed by atoms with Gasteiger partial charge in [-0.1, -0.05) is 6.92 Å². The summed E-state index contributed by atoms with van der Waals surface area (Å²) in [5.74, 6) is -2.35. The Labute approximate surface area is 248 Å². The number of tetrazole rings is 1. The first kappa shape index (κ1) is 29.1. The number of aliphatic carboxylic acids is 1. The van der Waals surface area contributed by atoms with Crippen molar-refractivity contribution in [2.45, 2.75) is 87.8 Å². The minimum Gasteiger partial charge on any atom is -0.477 e. The first-order valence-corrected chi connectivity index (χ1v) is 15.8. The van der Waals surface area contributed by atoms with Crippen LogP contribution < -0.4 is 16.0 Å². The average Bonchev–Trinajstić information content (AvgIpc) is 3.69. The van der Waals surface area contributed by atoms with Crippen LogP contribution in [0.5, 0.6) is 0 Å². The van der Waals surface area contributed by atoms with Gasteiger partial charge in [0.05, 0.1) is 18.0 Å². The Hall–Kier alpha value is -3.04. The smallest absolute Gasteiger partial charge is 0.353 e. The molecule has 0 radical (unpaired) electrons. The zero-order valence-electron chi connectivity index (χ0n) is 24.0. The van der Waals surface area contributed by atoms with Crippen LogP contribution in [0.3, 0.4) is 0 Å². The molecule has 6 rings (SSSR count). The van der Waals surface area contributed by atoms with Gasteiger partial charge in [0.1, 0.15) is 18.6 Å². The Morgan fingerprint density at radius 3 is 2.74 bits per heavy atom. The van der Waals surface area contributed by atoms with E-state index in [1.807, 2.05) is 6.92 Å². The number of piperidine rings is 2. The molecule has 4 saturated heterocycles. The fraction of sp³-hybridized carbons (Fsp3) is 0.741. The third kappa shape index (κ3) is 5.08. The Morgan fingerprint density at radius 2 is 2.02 bits per heavy atom. The van der Waals surface area contributed by atoms with E-state index in [0.29, 0.717) is 17.9 Å². The maximum absolute atomic E-state index is 13.8. The number of likely N-dealkylation sites (tertiary alicyclic amines) is 1. The Morgan fingerprint density at radius 1 is 1.24 bits per heavy atom. The summed E-state index contributed by atoms with van der Waals surface area (Å²) in [6.45, 7) is 6.90. The lowest BCUT2D eigenvalue weighted by atomic mass is 9.78. The number of amides is 3. The summed E-state index contributed by atoms with van der Waals surface area (Å²) < 4.78 is 1.29. The van der Waals surface area contributed by atoms with Crippen LogP contribution >= 0.6 is 11.8 Å². The number of fused-ring (bicyclic) bond motifs is 1. The molecule has 15 heteroatoms. The normalized spacial score (nSPS) is 31.2. The summed E-state index contributed by atoms with van der Waals surface area (Å²) in [7, 11) is 0. The number of carboxylic acids is 1. The highest BCUT2D eigenvalue weighted by Crippen LogP contribution is 2.52. The van der Waals surface area contributed by atoms with E-state index in [1.54, 1.807) is 6.92 Å². The zero-order valence-corrected chi connectivity index (χ0v) is 24.8. The van der Waals surface area contributed by atoms with E-state index in [2.05, 4.69) is 36.4 Å². The highest BCUT2D eigenvalue weighted by molar-refractivity contribution is 8.03. The number of nitrogens with one attached hydrogen (secondary N) is 3. The van der Waals surface area contributed by atoms with Gasteiger partial charge >= 0.3 is 5.97 Å². The molecule has 1 spiro atoms. The predicted molar refractivity (Wildman–Crippen MR) is 152 cm³/mol. The largest absolute Gasteiger partial charge is 0.477 e. The van der Waals surface area contributed by atoms with Crippen LogP contribution in [0.15, 0.2) is 16.9 Å². The number of carbonyl (C=O) groups excluding carboxylic acids is 3. The molecule has 4 N–H and O–H groups in total. The summed E-state index contributed by atoms with van der Waals surface area (Å²) in [6, 6.07) is -1.14. The van der Waals surface area contributed by atoms with Gasteiger partial charge in [0.2, 0.25) is 17.7 Å². The van der Waals surface area contributed by atoms with Crippen molar-refractivity contribution in [2.75, 3.05) is 26.2 Å². The fourth-order valence-electron chi connectivity index (χ4n) is 7.69. The van der Waals surface area contributed by atoms with Crippen molar-refractivity contribution in [1.82, 2.24) is 46.0 Å². The molecule has 1 unspecified atom stereocenters. The molecule has 5 aliphatic heterocycles. The number of hydrogen-bond acceptors (Lipinski definition) is 10. The van der Waals surface area contributed by atoms with Gasteiger partial charge in [-0.15, -0.1) is 16.9 Å². The number of nitrogens with zero attached hydrogens (tertiary/aromatic N) is 6. The third-order valence-corrected chi connectivity index (χ3v) is 11.3. The fourth-order valence-corrected chi connectivity index (χ4v) is 9.17. The number of thioether (sulfide) groups is 1. The second kappa shape index (κ2) is 11.6. The van der Waals surface area contributed by atoms with Crippen LogP contribution in [0, 0.1) is 11.8 Å². The first-order valence-electron chi connectivity index (χ1n) is 14.9. The molecular formula is C27H39N9O5S. The van der Waals surface area contributed by atoms with E-state index < -0.39 is 17.9 Å². The third-order valence-electron chi connectivity index (χ3n) is 9.74. The van der Waals surface area contributed by atoms with Gasteiger partial charge in [-0.3, -0.25) is 14.4 Å². The summed E-state index contributed by atoms with van der Waals surface area (Å²) in [4.78, 5) is 56.2. The lowest BCUT2D eigenvalue weighted by molar-refractivity contribution is -0.158. The topological polar surface area (TPSA) is 175 Å². The maximum atomic E-state index is 13.8. The van der Waals surface area contributed by atoms with Gasteiger partial charge < -0.3 is 30.9 Å². The van der Waals surface area contributed by atoms with Crippen molar-refractivity contribution in [3.63, 3.8) is 0 Å². The number of aromatic nitrogens is 4. The van der Waals surface area contributed by atoms with Crippen LogP contribution in [0.2, 0.25) is 0 Å². The zero-order chi connectivity index (χ0) is 29.6. The molecule has 1 aromatic heterocycles. The standard InChI is InChI=1S/C27H39N9O5S/c1-15-21-20(16(2)31-19(37)13-34-14-30-32-33-34)25(39)36(21)22(26(40)41)23(15)42-17-11-18(29-12-17)24(38)35-10-4-3-5-27(35)6-8-28-9-7-27/h14-18,20-21,28-29H,3-13H2,1-2H3,(H,31,37)(H,40,41)/t15-,16?,17+,18+,20-,21-/m1/s1. The van der Waals surface area contributed by atoms with Gasteiger partial charge in [-0.2, -0.15) is 0 Å². The molecule has 5 aliphatic rings. The number of carboxylic acid groups (broad SMARTS) is 1. The van der Waals surface area contributed by atoms with Crippen molar-refractivity contribution in [3.8, 4) is 0 Å². The molecule has 0 aromatic carbocycles. The molecule has 0 saturated carbocycles. The van der Waals surface area contributed by atoms with Gasteiger partial charge in [0.25, 0.3) is 0 Å². The summed E-state index contributed by atoms with van der Waals surface area (Å²) in [5.41, 5.74) is -0.0162. The number of hydrogen-bond donors (Lipinski definition) is 4. The average molecular weight is 602 g/mol. The van der Waals surface area contributed by atoms with E-state index in [-0.39, 0.29) is 58.8 Å². The lowest BCUT2D eigenvalue weighted by Crippen LogP contribution is -2.66. The second-order valence-corrected chi connectivity index (χ2v) is 13.6. The molecular weight excluding hydrogens is 562 g/mol. The van der Waals surface area contributed by atoms with Gasteiger partial charge in [0.15, 0.2) is 0 Å². The molecule has 1 aromatic rings. The Bertz CT molecular complexity index is 1260. The molecule has 228 valence electrons. The van der Waals surface area contributed by atoms with Gasteiger partial charge in [-0.05, 0) is 69.0 Å². The minimum absolute atomic E-state index is 0.0141. The first-order chi connectivity index (χ1) is 20.2. The highest BCUT2D eigenvalue weighted by Gasteiger charge is 2.60. The molecule has 42 heavy (non-hydrogen) atoms. The summed E-state index contributed by atoms with van der Waals surface area (Å²) >= 11 is 1.48. The van der Waals surface area contributed by atoms with Crippen LogP contribution in [-0.2, 0) is 25.7 Å². The number of rotatable bonds is 8. The number of carbonyl (C=O) groups is 4. The van der Waals surface area contributed by atoms with E-state index in [0.717, 1.165) is 51.7 Å². The quantitative estimate of drug-likeness (QED) is 0.284. The van der Waals surface area contributed by atoms with Gasteiger partial charge in [0, 0.05) is 40.7 Å². The van der Waals surface area contributed by atoms with Crippen LogP contribution in [0.4, 0.5) is 0 Å². The second-order valence-electron chi connectivity index (χ2n) is 12.3. The molecule has 0 bridgehead atoms. The maximum Gasteiger partial charge on any atom is 0.353 e. The van der Waals surface area contributed by atoms with Crippen LogP contribution in [0.25, 0.3) is 0 Å².